The molecule has 4 aromatic carbocycles. The summed E-state index contributed by atoms with van der Waals surface area (Å²) in [5.74, 6) is -15.9. The van der Waals surface area contributed by atoms with E-state index in [0.29, 0.717) is 20.9 Å². The van der Waals surface area contributed by atoms with Crippen molar-refractivity contribution < 1.29 is 26.3 Å². The molecule has 1 aliphatic rings. The van der Waals surface area contributed by atoms with Crippen LogP contribution in [0.4, 0.5) is 26.3 Å². The molecule has 0 saturated heterocycles. The average Bonchev–Trinajstić information content (AvgIpc) is 3.84. The lowest BCUT2D eigenvalue weighted by atomic mass is 9.94. The molecule has 0 saturated carbocycles. The summed E-state index contributed by atoms with van der Waals surface area (Å²) in [5, 5.41) is 0. The van der Waals surface area contributed by atoms with E-state index in [0.717, 1.165) is 70.6 Å². The Kier molecular flexibility index (Phi) is 12.8. The maximum Gasteiger partial charge on any atom is 0.380 e. The lowest BCUT2D eigenvalue weighted by Crippen LogP contribution is -2.48. The van der Waals surface area contributed by atoms with Gasteiger partial charge in [-0.2, -0.15) is 26.3 Å². The molecule has 0 atom stereocenters. The molecule has 8 heteroatoms. The predicted octanol–water partition coefficient (Wildman–Crippen LogP) is 17.2. The maximum atomic E-state index is 16.0. The highest BCUT2D eigenvalue weighted by molar-refractivity contribution is 7.16. The first-order chi connectivity index (χ1) is 28.3. The van der Waals surface area contributed by atoms with Crippen molar-refractivity contribution in [3.63, 3.8) is 0 Å². The zero-order valence-electron chi connectivity index (χ0n) is 34.0. The first-order valence-corrected chi connectivity index (χ1v) is 22.4. The summed E-state index contributed by atoms with van der Waals surface area (Å²) in [7, 11) is 0. The SMILES string of the molecule is CCCCCCc1ccc(-c2ccc(-c3cc(C4=C(c5cc(-c6ccc(-c7ccc(CCCCCC)cc7)cc6)sc5C)C(F)(F)C(F)(F)C4(F)F)c(C)s3)cc2)cc1. The van der Waals surface area contributed by atoms with Crippen LogP contribution >= 0.6 is 22.7 Å². The van der Waals surface area contributed by atoms with Crippen LogP contribution in [0.25, 0.3) is 54.3 Å². The average molecular weight is 841 g/mol. The van der Waals surface area contributed by atoms with Gasteiger partial charge < -0.3 is 0 Å². The molecule has 0 N–H and O–H groups in total. The highest BCUT2D eigenvalue weighted by Gasteiger charge is 2.80. The minimum Gasteiger partial charge on any atom is -0.194 e. The van der Waals surface area contributed by atoms with E-state index < -0.39 is 28.9 Å². The van der Waals surface area contributed by atoms with Gasteiger partial charge in [0.1, 0.15) is 0 Å². The summed E-state index contributed by atoms with van der Waals surface area (Å²) in [4.78, 5) is 1.56. The molecule has 0 unspecified atom stereocenters. The van der Waals surface area contributed by atoms with E-state index >= 15 is 26.3 Å². The summed E-state index contributed by atoms with van der Waals surface area (Å²) in [6.45, 7) is 7.43. The Labute approximate surface area is 352 Å². The number of hydrogen-bond donors (Lipinski definition) is 0. The largest absolute Gasteiger partial charge is 0.380 e. The summed E-state index contributed by atoms with van der Waals surface area (Å²) in [6, 6.07) is 34.7. The molecule has 7 rings (SSSR count). The van der Waals surface area contributed by atoms with Crippen molar-refractivity contribution in [1.29, 1.82) is 0 Å². The molecule has 2 heterocycles. The second-order valence-corrected chi connectivity index (χ2v) is 18.3. The van der Waals surface area contributed by atoms with E-state index in [1.165, 1.54) is 75.6 Å². The van der Waals surface area contributed by atoms with Crippen LogP contribution < -0.4 is 0 Å². The molecule has 0 bridgehead atoms. The number of halogens is 6. The third-order valence-electron chi connectivity index (χ3n) is 11.6. The van der Waals surface area contributed by atoms with E-state index in [4.69, 9.17) is 0 Å². The lowest BCUT2D eigenvalue weighted by molar-refractivity contribution is -0.254. The molecule has 0 nitrogen and oxygen atoms in total. The Balaban J connectivity index is 1.17. The Morgan fingerprint density at radius 2 is 0.712 bits per heavy atom. The van der Waals surface area contributed by atoms with Crippen molar-refractivity contribution in [2.45, 2.75) is 110 Å². The van der Waals surface area contributed by atoms with Crippen molar-refractivity contribution in [3.8, 4) is 43.1 Å². The molecule has 59 heavy (non-hydrogen) atoms. The molecular weight excluding hydrogens is 791 g/mol. The number of unbranched alkanes of at least 4 members (excludes halogenated alkanes) is 6. The van der Waals surface area contributed by atoms with Gasteiger partial charge in [-0.3, -0.25) is 0 Å². The molecule has 6 aromatic rings. The van der Waals surface area contributed by atoms with Gasteiger partial charge in [0, 0.05) is 30.7 Å². The van der Waals surface area contributed by atoms with Gasteiger partial charge in [0.2, 0.25) is 0 Å². The minimum absolute atomic E-state index is 0.257. The second-order valence-electron chi connectivity index (χ2n) is 15.8. The highest BCUT2D eigenvalue weighted by atomic mass is 32.1. The van der Waals surface area contributed by atoms with Gasteiger partial charge in [-0.25, -0.2) is 0 Å². The van der Waals surface area contributed by atoms with Gasteiger partial charge in [-0.15, -0.1) is 22.7 Å². The van der Waals surface area contributed by atoms with Crippen LogP contribution in [-0.4, -0.2) is 17.8 Å². The van der Waals surface area contributed by atoms with Crippen LogP contribution in [0.15, 0.2) is 109 Å². The van der Waals surface area contributed by atoms with E-state index in [1.54, 1.807) is 0 Å². The molecule has 308 valence electrons. The first kappa shape index (κ1) is 42.7. The molecule has 0 aliphatic heterocycles. The van der Waals surface area contributed by atoms with Crippen molar-refractivity contribution in [2.75, 3.05) is 0 Å². The number of aryl methyl sites for hydroxylation is 4. The number of thiophene rings is 2. The fourth-order valence-corrected chi connectivity index (χ4v) is 10.1. The van der Waals surface area contributed by atoms with Crippen molar-refractivity contribution in [1.82, 2.24) is 0 Å². The Bertz CT molecular complexity index is 2210. The van der Waals surface area contributed by atoms with Crippen LogP contribution in [0.2, 0.25) is 0 Å². The quantitative estimate of drug-likeness (QED) is 0.0673. The lowest BCUT2D eigenvalue weighted by Gasteiger charge is -2.25. The Morgan fingerprint density at radius 3 is 1.03 bits per heavy atom. The first-order valence-electron chi connectivity index (χ1n) is 20.8. The number of allylic oxidation sites excluding steroid dienone is 2. The second kappa shape index (κ2) is 17.7. The normalized spacial score (nSPS) is 15.6. The molecule has 1 aliphatic carbocycles. The molecule has 2 aromatic heterocycles. The third kappa shape index (κ3) is 8.50. The smallest absolute Gasteiger partial charge is 0.194 e. The Hall–Kier alpha value is -4.40. The fraction of sp³-hybridized carbons (Fsp3) is 0.333. The highest BCUT2D eigenvalue weighted by Crippen LogP contribution is 2.66. The van der Waals surface area contributed by atoms with E-state index in [1.807, 2.05) is 48.5 Å². The molecule has 0 fully saturated rings. The predicted molar refractivity (Wildman–Crippen MR) is 237 cm³/mol. The van der Waals surface area contributed by atoms with Gasteiger partial charge >= 0.3 is 17.8 Å². The number of benzene rings is 4. The van der Waals surface area contributed by atoms with Gasteiger partial charge in [-0.1, -0.05) is 149 Å². The number of hydrogen-bond acceptors (Lipinski definition) is 2. The molecule has 0 spiro atoms. The standard InChI is InChI=1S/C51H50F6S2/c1-5-7-9-11-13-35-15-19-37(20-16-35)39-23-27-41(28-24-39)45-31-43(33(3)58-45)47-48(50(54,55)51(56,57)49(47,52)53)44-32-46(59-34(44)4)42-29-25-40(26-30-42)38-21-17-36(18-22-38)14-12-10-8-6-2/h15-32H,5-14H2,1-4H3. The van der Waals surface area contributed by atoms with Crippen LogP contribution in [0.3, 0.4) is 0 Å². The van der Waals surface area contributed by atoms with E-state index in [9.17, 15) is 0 Å². The van der Waals surface area contributed by atoms with Gasteiger partial charge in [0.25, 0.3) is 0 Å². The van der Waals surface area contributed by atoms with Crippen LogP contribution in [0.5, 0.6) is 0 Å². The van der Waals surface area contributed by atoms with E-state index in [2.05, 4.69) is 62.4 Å². The van der Waals surface area contributed by atoms with Gasteiger partial charge in [0.05, 0.1) is 0 Å². The van der Waals surface area contributed by atoms with Gasteiger partial charge in [0.15, 0.2) is 0 Å². The summed E-state index contributed by atoms with van der Waals surface area (Å²) < 4.78 is 94.7. The van der Waals surface area contributed by atoms with Gasteiger partial charge in [-0.05, 0) is 107 Å². The summed E-state index contributed by atoms with van der Waals surface area (Å²) in [5.41, 5.74) is 4.71. The topological polar surface area (TPSA) is 0 Å². The fourth-order valence-electron chi connectivity index (χ4n) is 8.07. The third-order valence-corrected chi connectivity index (χ3v) is 13.8. The van der Waals surface area contributed by atoms with Crippen LogP contribution in [0, 0.1) is 13.8 Å². The van der Waals surface area contributed by atoms with Crippen molar-refractivity contribution >= 4 is 33.8 Å². The number of rotatable bonds is 16. The van der Waals surface area contributed by atoms with Crippen molar-refractivity contribution in [2.24, 2.45) is 0 Å². The van der Waals surface area contributed by atoms with E-state index in [-0.39, 0.29) is 20.9 Å². The number of alkyl halides is 6. The maximum absolute atomic E-state index is 16.0. The molecular formula is C51H50F6S2. The minimum atomic E-state index is -5.63. The summed E-state index contributed by atoms with van der Waals surface area (Å²) in [6.07, 6.45) is 11.7. The molecule has 0 amide bonds. The summed E-state index contributed by atoms with van der Waals surface area (Å²) >= 11 is 2.25. The molecule has 0 radical (unpaired) electrons. The van der Waals surface area contributed by atoms with Crippen molar-refractivity contribution in [3.05, 3.63) is 141 Å². The van der Waals surface area contributed by atoms with Crippen LogP contribution in [-0.2, 0) is 12.8 Å². The monoisotopic (exact) mass is 840 g/mol. The van der Waals surface area contributed by atoms with Crippen LogP contribution in [0.1, 0.15) is 97.2 Å². The Morgan fingerprint density at radius 1 is 0.407 bits per heavy atom. The zero-order valence-corrected chi connectivity index (χ0v) is 35.7. The zero-order chi connectivity index (χ0) is 42.0.